The molecule has 0 radical (unpaired) electrons. The molecule has 3 aromatic heterocycles. The van der Waals surface area contributed by atoms with Gasteiger partial charge in [0.2, 0.25) is 0 Å². The quantitative estimate of drug-likeness (QED) is 0.411. The van der Waals surface area contributed by atoms with Crippen LogP contribution in [-0.2, 0) is 13.5 Å². The van der Waals surface area contributed by atoms with Crippen molar-refractivity contribution in [2.45, 2.75) is 31.2 Å². The Bertz CT molecular complexity index is 1300. The monoisotopic (exact) mass is 508 g/mol. The SMILES string of the molecule is CN1CC[C@@H](Nc2cccc3c(CC(F)(F)F)c(C#CCNC(=O)c4cc(F)n(C)c4)nn23)[C@@H](F)C1. The number of likely N-dealkylation sites (tertiary alicyclic amines) is 1. The fraction of sp³-hybridized carbons (Fsp3) is 0.417. The van der Waals surface area contributed by atoms with E-state index in [2.05, 4.69) is 27.6 Å². The standard InChI is InChI=1S/C24H25F5N6O/c1-33-10-8-19(17(25)14-33)31-22-7-3-6-20-16(12-24(27,28)29)18(32-35(20)22)5-4-9-30-23(36)15-11-21(26)34(2)13-15/h3,6-7,11,13,17,19,31H,8-10,12,14H2,1-2H3,(H,30,36)/t17-,19+/m0/s1. The molecule has 0 unspecified atom stereocenters. The van der Waals surface area contributed by atoms with Crippen LogP contribution < -0.4 is 10.6 Å². The van der Waals surface area contributed by atoms with Crippen molar-refractivity contribution in [1.29, 1.82) is 0 Å². The first-order valence-electron chi connectivity index (χ1n) is 11.3. The largest absolute Gasteiger partial charge is 0.393 e. The molecular weight excluding hydrogens is 483 g/mol. The summed E-state index contributed by atoms with van der Waals surface area (Å²) in [5.74, 6) is 4.43. The van der Waals surface area contributed by atoms with Gasteiger partial charge >= 0.3 is 6.18 Å². The van der Waals surface area contributed by atoms with Crippen LogP contribution in [0.15, 0.2) is 30.5 Å². The smallest absolute Gasteiger partial charge is 0.364 e. The van der Waals surface area contributed by atoms with Gasteiger partial charge in [-0.2, -0.15) is 22.7 Å². The van der Waals surface area contributed by atoms with Crippen LogP contribution in [0.25, 0.3) is 5.52 Å². The molecule has 36 heavy (non-hydrogen) atoms. The molecule has 1 saturated heterocycles. The maximum atomic E-state index is 14.5. The van der Waals surface area contributed by atoms with Gasteiger partial charge in [0.25, 0.3) is 5.91 Å². The molecule has 0 aromatic carbocycles. The summed E-state index contributed by atoms with van der Waals surface area (Å²) in [4.78, 5) is 14.0. The maximum absolute atomic E-state index is 14.5. The molecule has 192 valence electrons. The van der Waals surface area contributed by atoms with Gasteiger partial charge in [-0.15, -0.1) is 0 Å². The van der Waals surface area contributed by atoms with Crippen LogP contribution in [0.5, 0.6) is 0 Å². The first kappa shape index (κ1) is 25.5. The number of aromatic nitrogens is 3. The van der Waals surface area contributed by atoms with E-state index in [1.54, 1.807) is 12.1 Å². The molecule has 3 aromatic rings. The van der Waals surface area contributed by atoms with E-state index in [-0.39, 0.29) is 35.4 Å². The van der Waals surface area contributed by atoms with Gasteiger partial charge in [-0.05, 0) is 31.5 Å². The Kier molecular flexibility index (Phi) is 7.21. The fourth-order valence-corrected chi connectivity index (χ4v) is 4.13. The highest BCUT2D eigenvalue weighted by Gasteiger charge is 2.32. The number of aryl methyl sites for hydroxylation is 1. The molecule has 2 atom stereocenters. The summed E-state index contributed by atoms with van der Waals surface area (Å²) >= 11 is 0. The molecule has 1 aliphatic rings. The summed E-state index contributed by atoms with van der Waals surface area (Å²) in [5, 5.41) is 9.84. The third-order valence-corrected chi connectivity index (χ3v) is 5.97. The number of fused-ring (bicyclic) bond motifs is 1. The lowest BCUT2D eigenvalue weighted by Crippen LogP contribution is -2.46. The van der Waals surface area contributed by atoms with Crippen LogP contribution in [0.2, 0.25) is 0 Å². The highest BCUT2D eigenvalue weighted by atomic mass is 19.4. The molecule has 4 rings (SSSR count). The Balaban J connectivity index is 1.58. The zero-order chi connectivity index (χ0) is 26.0. The first-order chi connectivity index (χ1) is 17.0. The molecule has 0 spiro atoms. The van der Waals surface area contributed by atoms with Gasteiger partial charge in [0.05, 0.1) is 30.1 Å². The van der Waals surface area contributed by atoms with E-state index in [1.807, 2.05) is 11.9 Å². The number of amides is 1. The van der Waals surface area contributed by atoms with E-state index in [4.69, 9.17) is 0 Å². The molecule has 1 fully saturated rings. The average molecular weight is 508 g/mol. The average Bonchev–Trinajstić information content (AvgIpc) is 3.32. The maximum Gasteiger partial charge on any atom is 0.393 e. The second-order valence-corrected chi connectivity index (χ2v) is 8.79. The molecule has 1 aliphatic heterocycles. The Morgan fingerprint density at radius 2 is 2.06 bits per heavy atom. The van der Waals surface area contributed by atoms with Crippen LogP contribution in [0.1, 0.15) is 28.0 Å². The van der Waals surface area contributed by atoms with Crippen molar-refractivity contribution < 1.29 is 26.7 Å². The second-order valence-electron chi connectivity index (χ2n) is 8.79. The van der Waals surface area contributed by atoms with Crippen molar-refractivity contribution >= 4 is 17.2 Å². The minimum atomic E-state index is -4.51. The van der Waals surface area contributed by atoms with Crippen molar-refractivity contribution in [1.82, 2.24) is 24.4 Å². The summed E-state index contributed by atoms with van der Waals surface area (Å²) in [5.41, 5.74) is 0.0869. The number of hydrogen-bond acceptors (Lipinski definition) is 4. The van der Waals surface area contributed by atoms with E-state index in [0.717, 1.165) is 10.6 Å². The number of pyridine rings is 1. The van der Waals surface area contributed by atoms with Gasteiger partial charge in [0, 0.05) is 38.0 Å². The summed E-state index contributed by atoms with van der Waals surface area (Å²) in [7, 11) is 3.27. The normalized spacial score (nSPS) is 18.6. The van der Waals surface area contributed by atoms with Gasteiger partial charge in [-0.25, -0.2) is 8.91 Å². The Morgan fingerprint density at radius 1 is 1.28 bits per heavy atom. The van der Waals surface area contributed by atoms with Gasteiger partial charge in [0.1, 0.15) is 17.7 Å². The van der Waals surface area contributed by atoms with Gasteiger partial charge in [0.15, 0.2) is 5.95 Å². The lowest BCUT2D eigenvalue weighted by molar-refractivity contribution is -0.127. The number of carbonyl (C=O) groups excluding carboxylic acids is 1. The third kappa shape index (κ3) is 5.79. The first-order valence-corrected chi connectivity index (χ1v) is 11.3. The topological polar surface area (TPSA) is 66.6 Å². The number of rotatable bonds is 5. The third-order valence-electron chi connectivity index (χ3n) is 5.97. The van der Waals surface area contributed by atoms with Gasteiger partial charge < -0.3 is 20.1 Å². The Morgan fingerprint density at radius 3 is 2.72 bits per heavy atom. The lowest BCUT2D eigenvalue weighted by Gasteiger charge is -2.33. The van der Waals surface area contributed by atoms with Crippen molar-refractivity contribution in [3.63, 3.8) is 0 Å². The predicted octanol–water partition coefficient (Wildman–Crippen LogP) is 3.15. The van der Waals surface area contributed by atoms with E-state index < -0.39 is 36.7 Å². The molecule has 0 aliphatic carbocycles. The number of piperidine rings is 1. The summed E-state index contributed by atoms with van der Waals surface area (Å²) < 4.78 is 70.5. The highest BCUT2D eigenvalue weighted by Crippen LogP contribution is 2.28. The number of nitrogens with one attached hydrogen (secondary N) is 2. The molecule has 4 heterocycles. The fourth-order valence-electron chi connectivity index (χ4n) is 4.13. The minimum absolute atomic E-state index is 0.0954. The number of alkyl halides is 4. The van der Waals surface area contributed by atoms with E-state index in [0.29, 0.717) is 18.8 Å². The number of nitrogens with zero attached hydrogens (tertiary/aromatic N) is 4. The summed E-state index contributed by atoms with van der Waals surface area (Å²) in [6.07, 6.45) is -5.07. The molecule has 2 N–H and O–H groups in total. The minimum Gasteiger partial charge on any atom is -0.364 e. The van der Waals surface area contributed by atoms with Crippen LogP contribution in [0.4, 0.5) is 27.8 Å². The molecule has 0 saturated carbocycles. The van der Waals surface area contributed by atoms with Crippen LogP contribution >= 0.6 is 0 Å². The lowest BCUT2D eigenvalue weighted by atomic mass is 10.0. The highest BCUT2D eigenvalue weighted by molar-refractivity contribution is 5.94. The Hall–Kier alpha value is -3.59. The van der Waals surface area contributed by atoms with Crippen LogP contribution in [0.3, 0.4) is 0 Å². The molecule has 12 heteroatoms. The summed E-state index contributed by atoms with van der Waals surface area (Å²) in [6, 6.07) is 5.26. The van der Waals surface area contributed by atoms with Crippen LogP contribution in [0, 0.1) is 17.8 Å². The molecule has 1 amide bonds. The van der Waals surface area contributed by atoms with Crippen molar-refractivity contribution in [3.8, 4) is 11.8 Å². The van der Waals surface area contributed by atoms with Crippen molar-refractivity contribution in [3.05, 3.63) is 53.2 Å². The predicted molar refractivity (Wildman–Crippen MR) is 124 cm³/mol. The van der Waals surface area contributed by atoms with E-state index in [9.17, 15) is 26.7 Å². The molecule has 7 nitrogen and oxygen atoms in total. The molecule has 0 bridgehead atoms. The van der Waals surface area contributed by atoms with Crippen molar-refractivity contribution in [2.24, 2.45) is 7.05 Å². The van der Waals surface area contributed by atoms with Gasteiger partial charge in [-0.3, -0.25) is 4.79 Å². The van der Waals surface area contributed by atoms with Crippen molar-refractivity contribution in [2.75, 3.05) is 32.0 Å². The Labute approximate surface area is 204 Å². The van der Waals surface area contributed by atoms with Gasteiger partial charge in [-0.1, -0.05) is 12.0 Å². The molecular formula is C24H25F5N6O. The number of halogens is 5. The van der Waals surface area contributed by atoms with Crippen LogP contribution in [-0.4, -0.2) is 70.1 Å². The van der Waals surface area contributed by atoms with E-state index >= 15 is 0 Å². The van der Waals surface area contributed by atoms with E-state index in [1.165, 1.54) is 23.8 Å². The number of anilines is 1. The zero-order valence-corrected chi connectivity index (χ0v) is 19.7. The second kappa shape index (κ2) is 10.2. The number of carbonyl (C=O) groups is 1. The zero-order valence-electron chi connectivity index (χ0n) is 19.7. The summed E-state index contributed by atoms with van der Waals surface area (Å²) in [6.45, 7) is 0.758. The number of hydrogen-bond donors (Lipinski definition) is 2.